The summed E-state index contributed by atoms with van der Waals surface area (Å²) in [4.78, 5) is 0. The molecule has 1 N–H and O–H groups in total. The van der Waals surface area contributed by atoms with Gasteiger partial charge in [-0.1, -0.05) is 39.2 Å². The lowest BCUT2D eigenvalue weighted by molar-refractivity contribution is 0.212. The number of terminal acetylenes is 1. The molecule has 102 valence electrons. The summed E-state index contributed by atoms with van der Waals surface area (Å²) in [7, 11) is 0. The normalized spacial score (nSPS) is 27.0. The van der Waals surface area contributed by atoms with E-state index in [9.17, 15) is 0 Å². The van der Waals surface area contributed by atoms with Gasteiger partial charge in [0.05, 0.1) is 0 Å². The number of benzene rings is 1. The van der Waals surface area contributed by atoms with Gasteiger partial charge in [-0.3, -0.25) is 0 Å². The first kappa shape index (κ1) is 14.0. The Hall–Kier alpha value is -1.42. The lowest BCUT2D eigenvalue weighted by Crippen LogP contribution is -2.37. The fraction of sp³-hybridized carbons (Fsp3) is 0.556. The lowest BCUT2D eigenvalue weighted by atomic mass is 9.74. The van der Waals surface area contributed by atoms with E-state index < -0.39 is 0 Å². The number of hydrogen-bond donors (Lipinski definition) is 1. The van der Waals surface area contributed by atoms with Crippen molar-refractivity contribution < 1.29 is 0 Å². The molecule has 0 aliphatic heterocycles. The molecule has 1 aromatic rings. The van der Waals surface area contributed by atoms with Crippen LogP contribution in [0.25, 0.3) is 0 Å². The number of rotatable bonds is 3. The molecule has 0 spiro atoms. The van der Waals surface area contributed by atoms with Gasteiger partial charge in [0.2, 0.25) is 0 Å². The van der Waals surface area contributed by atoms with Gasteiger partial charge in [0.25, 0.3) is 0 Å². The lowest BCUT2D eigenvalue weighted by Gasteiger charge is -2.38. The SMILES string of the molecule is C#Cc1cccc(NC2CC(C)CCC2C(C)C)c1. The first-order chi connectivity index (χ1) is 9.10. The Labute approximate surface area is 117 Å². The third-order valence-corrected chi connectivity index (χ3v) is 4.40. The highest BCUT2D eigenvalue weighted by Gasteiger charge is 2.30. The van der Waals surface area contributed by atoms with Crippen LogP contribution in [0.2, 0.25) is 0 Å². The van der Waals surface area contributed by atoms with Crippen LogP contribution in [0, 0.1) is 30.1 Å². The van der Waals surface area contributed by atoms with E-state index in [1.807, 2.05) is 12.1 Å². The van der Waals surface area contributed by atoms with Crippen LogP contribution < -0.4 is 5.32 Å². The third kappa shape index (κ3) is 3.53. The third-order valence-electron chi connectivity index (χ3n) is 4.40. The summed E-state index contributed by atoms with van der Waals surface area (Å²) in [6.45, 7) is 7.05. The number of hydrogen-bond acceptors (Lipinski definition) is 1. The van der Waals surface area contributed by atoms with Gasteiger partial charge in [-0.25, -0.2) is 0 Å². The Morgan fingerprint density at radius 1 is 1.32 bits per heavy atom. The molecule has 1 nitrogen and oxygen atoms in total. The van der Waals surface area contributed by atoms with E-state index in [2.05, 4.69) is 44.1 Å². The van der Waals surface area contributed by atoms with E-state index in [4.69, 9.17) is 6.42 Å². The second-order valence-corrected chi connectivity index (χ2v) is 6.30. The predicted octanol–water partition coefficient (Wildman–Crippen LogP) is 4.54. The van der Waals surface area contributed by atoms with Gasteiger partial charge < -0.3 is 5.32 Å². The summed E-state index contributed by atoms with van der Waals surface area (Å²) in [5, 5.41) is 3.72. The molecule has 2 rings (SSSR count). The van der Waals surface area contributed by atoms with Crippen LogP contribution in [-0.4, -0.2) is 6.04 Å². The highest BCUT2D eigenvalue weighted by molar-refractivity contribution is 5.50. The fourth-order valence-electron chi connectivity index (χ4n) is 3.28. The van der Waals surface area contributed by atoms with Crippen LogP contribution in [0.4, 0.5) is 5.69 Å². The zero-order chi connectivity index (χ0) is 13.8. The van der Waals surface area contributed by atoms with E-state index >= 15 is 0 Å². The van der Waals surface area contributed by atoms with Crippen molar-refractivity contribution in [3.8, 4) is 12.3 Å². The maximum absolute atomic E-state index is 5.47. The Morgan fingerprint density at radius 3 is 2.79 bits per heavy atom. The minimum atomic E-state index is 0.580. The smallest absolute Gasteiger partial charge is 0.0354 e. The van der Waals surface area contributed by atoms with Crippen molar-refractivity contribution >= 4 is 5.69 Å². The molecule has 1 saturated carbocycles. The average Bonchev–Trinajstić information content (AvgIpc) is 2.38. The van der Waals surface area contributed by atoms with Gasteiger partial charge >= 0.3 is 0 Å². The molecular weight excluding hydrogens is 230 g/mol. The Kier molecular flexibility index (Phi) is 4.53. The van der Waals surface area contributed by atoms with Gasteiger partial charge in [-0.15, -0.1) is 6.42 Å². The van der Waals surface area contributed by atoms with Gasteiger partial charge in [-0.2, -0.15) is 0 Å². The van der Waals surface area contributed by atoms with Crippen LogP contribution in [-0.2, 0) is 0 Å². The first-order valence-corrected chi connectivity index (χ1v) is 7.43. The summed E-state index contributed by atoms with van der Waals surface area (Å²) in [5.74, 6) is 5.04. The molecule has 1 aliphatic carbocycles. The second-order valence-electron chi connectivity index (χ2n) is 6.30. The molecule has 0 radical (unpaired) electrons. The standard InChI is InChI=1S/C18H25N/c1-5-15-7-6-8-16(12-15)19-18-11-14(4)9-10-17(18)13(2)3/h1,6-8,12-14,17-19H,9-11H2,2-4H3. The molecule has 0 amide bonds. The van der Waals surface area contributed by atoms with Crippen molar-refractivity contribution in [2.24, 2.45) is 17.8 Å². The highest BCUT2D eigenvalue weighted by Crippen LogP contribution is 2.35. The maximum Gasteiger partial charge on any atom is 0.0354 e. The van der Waals surface area contributed by atoms with Crippen molar-refractivity contribution in [1.29, 1.82) is 0 Å². The zero-order valence-electron chi connectivity index (χ0n) is 12.3. The number of anilines is 1. The Bertz CT molecular complexity index is 455. The first-order valence-electron chi connectivity index (χ1n) is 7.43. The van der Waals surface area contributed by atoms with E-state index in [-0.39, 0.29) is 0 Å². The fourth-order valence-corrected chi connectivity index (χ4v) is 3.28. The topological polar surface area (TPSA) is 12.0 Å². The predicted molar refractivity (Wildman–Crippen MR) is 83.1 cm³/mol. The molecule has 19 heavy (non-hydrogen) atoms. The summed E-state index contributed by atoms with van der Waals surface area (Å²) >= 11 is 0. The summed E-state index contributed by atoms with van der Waals surface area (Å²) < 4.78 is 0. The quantitative estimate of drug-likeness (QED) is 0.782. The summed E-state index contributed by atoms with van der Waals surface area (Å²) in [6, 6.07) is 8.80. The minimum absolute atomic E-state index is 0.580. The highest BCUT2D eigenvalue weighted by atomic mass is 14.9. The van der Waals surface area contributed by atoms with Gasteiger partial charge in [0, 0.05) is 17.3 Å². The molecule has 1 fully saturated rings. The van der Waals surface area contributed by atoms with Crippen molar-refractivity contribution in [3.05, 3.63) is 29.8 Å². The molecule has 1 aliphatic rings. The van der Waals surface area contributed by atoms with Crippen LogP contribution in [0.5, 0.6) is 0 Å². The molecule has 0 saturated heterocycles. The van der Waals surface area contributed by atoms with E-state index in [0.717, 1.165) is 23.3 Å². The largest absolute Gasteiger partial charge is 0.382 e. The number of nitrogens with one attached hydrogen (secondary N) is 1. The molecule has 1 aromatic carbocycles. The van der Waals surface area contributed by atoms with Gasteiger partial charge in [0.15, 0.2) is 0 Å². The molecular formula is C18H25N. The summed E-state index contributed by atoms with van der Waals surface area (Å²) in [6.07, 6.45) is 9.44. The van der Waals surface area contributed by atoms with Gasteiger partial charge in [0.1, 0.15) is 0 Å². The van der Waals surface area contributed by atoms with E-state index in [1.54, 1.807) is 0 Å². The van der Waals surface area contributed by atoms with E-state index in [1.165, 1.54) is 24.9 Å². The average molecular weight is 255 g/mol. The van der Waals surface area contributed by atoms with Crippen molar-refractivity contribution in [2.45, 2.75) is 46.1 Å². The van der Waals surface area contributed by atoms with E-state index in [0.29, 0.717) is 6.04 Å². The van der Waals surface area contributed by atoms with Crippen molar-refractivity contribution in [2.75, 3.05) is 5.32 Å². The summed E-state index contributed by atoms with van der Waals surface area (Å²) in [5.41, 5.74) is 2.12. The Morgan fingerprint density at radius 2 is 2.11 bits per heavy atom. The van der Waals surface area contributed by atoms with Crippen LogP contribution in [0.1, 0.15) is 45.6 Å². The Balaban J connectivity index is 2.12. The van der Waals surface area contributed by atoms with Crippen molar-refractivity contribution in [1.82, 2.24) is 0 Å². The molecule has 0 bridgehead atoms. The minimum Gasteiger partial charge on any atom is -0.382 e. The monoisotopic (exact) mass is 255 g/mol. The van der Waals surface area contributed by atoms with Crippen LogP contribution >= 0.6 is 0 Å². The second kappa shape index (κ2) is 6.15. The maximum atomic E-state index is 5.47. The zero-order valence-corrected chi connectivity index (χ0v) is 12.3. The molecule has 3 unspecified atom stereocenters. The van der Waals surface area contributed by atoms with Gasteiger partial charge in [-0.05, 0) is 48.8 Å². The molecule has 1 heteroatoms. The molecule has 0 aromatic heterocycles. The molecule has 0 heterocycles. The van der Waals surface area contributed by atoms with Crippen molar-refractivity contribution in [3.63, 3.8) is 0 Å². The molecule has 3 atom stereocenters. The van der Waals surface area contributed by atoms with Crippen LogP contribution in [0.3, 0.4) is 0 Å². The van der Waals surface area contributed by atoms with Crippen LogP contribution in [0.15, 0.2) is 24.3 Å².